The molecule has 1 aromatic rings. The van der Waals surface area contributed by atoms with E-state index in [2.05, 4.69) is 20.9 Å². The summed E-state index contributed by atoms with van der Waals surface area (Å²) in [7, 11) is 1.64. The Balaban J connectivity index is 2.26. The Bertz CT molecular complexity index is 541. The zero-order valence-electron chi connectivity index (χ0n) is 14.1. The normalized spacial score (nSPS) is 11.8. The van der Waals surface area contributed by atoms with Crippen LogP contribution in [-0.4, -0.2) is 37.8 Å². The van der Waals surface area contributed by atoms with Crippen LogP contribution in [0, 0.1) is 5.82 Å². The van der Waals surface area contributed by atoms with Gasteiger partial charge in [0.25, 0.3) is 0 Å². The number of aliphatic imine (C=N–C) groups is 1. The van der Waals surface area contributed by atoms with Crippen LogP contribution in [0.1, 0.15) is 26.3 Å². The molecule has 0 bridgehead atoms. The first kappa shape index (κ1) is 18.7. The first-order chi connectivity index (χ1) is 10.8. The molecule has 1 amide bonds. The number of benzene rings is 1. The standard InChI is InChI=1S/C16H25FN4O2/c1-16(2,3)23-15(22)20-9-8-19-14(18-4)21-11-12-6-5-7-13(17)10-12/h5-7,10H,8-9,11H2,1-4H3,(H,20,22)(H2,18,19,21). The molecule has 6 nitrogen and oxygen atoms in total. The molecule has 0 aliphatic rings. The predicted octanol–water partition coefficient (Wildman–Crippen LogP) is 2.02. The van der Waals surface area contributed by atoms with Crippen LogP contribution in [0.5, 0.6) is 0 Å². The number of alkyl carbamates (subject to hydrolysis) is 1. The van der Waals surface area contributed by atoms with Crippen LogP contribution >= 0.6 is 0 Å². The summed E-state index contributed by atoms with van der Waals surface area (Å²) in [6, 6.07) is 6.35. The molecular formula is C16H25FN4O2. The minimum Gasteiger partial charge on any atom is -0.444 e. The zero-order valence-corrected chi connectivity index (χ0v) is 14.1. The number of guanidine groups is 1. The molecule has 0 unspecified atom stereocenters. The van der Waals surface area contributed by atoms with Crippen molar-refractivity contribution in [3.63, 3.8) is 0 Å². The topological polar surface area (TPSA) is 74.8 Å². The summed E-state index contributed by atoms with van der Waals surface area (Å²) in [5, 5.41) is 8.76. The van der Waals surface area contributed by atoms with Gasteiger partial charge >= 0.3 is 6.09 Å². The van der Waals surface area contributed by atoms with Gasteiger partial charge in [0.15, 0.2) is 5.96 Å². The van der Waals surface area contributed by atoms with Crippen molar-refractivity contribution in [3.8, 4) is 0 Å². The molecule has 0 aliphatic heterocycles. The lowest BCUT2D eigenvalue weighted by Gasteiger charge is -2.19. The van der Waals surface area contributed by atoms with Crippen LogP contribution in [0.25, 0.3) is 0 Å². The number of ether oxygens (including phenoxy) is 1. The van der Waals surface area contributed by atoms with Gasteiger partial charge in [0, 0.05) is 26.7 Å². The quantitative estimate of drug-likeness (QED) is 0.440. The Labute approximate surface area is 136 Å². The summed E-state index contributed by atoms with van der Waals surface area (Å²) in [6.07, 6.45) is -0.456. The second-order valence-corrected chi connectivity index (χ2v) is 5.91. The monoisotopic (exact) mass is 324 g/mol. The predicted molar refractivity (Wildman–Crippen MR) is 88.8 cm³/mol. The SMILES string of the molecule is CN=C(NCCNC(=O)OC(C)(C)C)NCc1cccc(F)c1. The average Bonchev–Trinajstić information content (AvgIpc) is 2.44. The maximum absolute atomic E-state index is 13.1. The van der Waals surface area contributed by atoms with Gasteiger partial charge in [-0.2, -0.15) is 0 Å². The molecule has 0 aromatic heterocycles. The van der Waals surface area contributed by atoms with Crippen LogP contribution in [0.15, 0.2) is 29.3 Å². The molecule has 0 radical (unpaired) electrons. The summed E-state index contributed by atoms with van der Waals surface area (Å²) in [4.78, 5) is 15.5. The third kappa shape index (κ3) is 8.65. The fraction of sp³-hybridized carbons (Fsp3) is 0.500. The molecule has 3 N–H and O–H groups in total. The van der Waals surface area contributed by atoms with E-state index >= 15 is 0 Å². The van der Waals surface area contributed by atoms with Gasteiger partial charge in [0.2, 0.25) is 0 Å². The highest BCUT2D eigenvalue weighted by molar-refractivity contribution is 5.79. The van der Waals surface area contributed by atoms with Crippen molar-refractivity contribution in [1.29, 1.82) is 0 Å². The summed E-state index contributed by atoms with van der Waals surface area (Å²) >= 11 is 0. The number of amides is 1. The molecule has 0 saturated carbocycles. The third-order valence-corrected chi connectivity index (χ3v) is 2.66. The number of carbonyl (C=O) groups excluding carboxylic acids is 1. The van der Waals surface area contributed by atoms with E-state index in [4.69, 9.17) is 4.74 Å². The van der Waals surface area contributed by atoms with E-state index in [-0.39, 0.29) is 5.82 Å². The van der Waals surface area contributed by atoms with Crippen LogP contribution in [0.3, 0.4) is 0 Å². The van der Waals surface area contributed by atoms with Gasteiger partial charge in [-0.25, -0.2) is 9.18 Å². The van der Waals surface area contributed by atoms with Gasteiger partial charge in [-0.15, -0.1) is 0 Å². The minimum atomic E-state index is -0.514. The second kappa shape index (κ2) is 8.97. The molecule has 1 rings (SSSR count). The molecule has 23 heavy (non-hydrogen) atoms. The Morgan fingerprint density at radius 3 is 2.52 bits per heavy atom. The lowest BCUT2D eigenvalue weighted by Crippen LogP contribution is -2.42. The van der Waals surface area contributed by atoms with Crippen LogP contribution in [0.2, 0.25) is 0 Å². The zero-order chi connectivity index (χ0) is 17.3. The van der Waals surface area contributed by atoms with Crippen molar-refractivity contribution in [1.82, 2.24) is 16.0 Å². The molecule has 0 fully saturated rings. The largest absolute Gasteiger partial charge is 0.444 e. The molecule has 0 heterocycles. The van der Waals surface area contributed by atoms with Crippen molar-refractivity contribution < 1.29 is 13.9 Å². The Kier molecular flexibility index (Phi) is 7.31. The van der Waals surface area contributed by atoms with Crippen molar-refractivity contribution in [2.24, 2.45) is 4.99 Å². The van der Waals surface area contributed by atoms with E-state index < -0.39 is 11.7 Å². The lowest BCUT2D eigenvalue weighted by molar-refractivity contribution is 0.0529. The molecule has 0 saturated heterocycles. The maximum Gasteiger partial charge on any atom is 0.407 e. The van der Waals surface area contributed by atoms with Crippen molar-refractivity contribution >= 4 is 12.1 Å². The third-order valence-electron chi connectivity index (χ3n) is 2.66. The van der Waals surface area contributed by atoms with E-state index in [1.807, 2.05) is 26.8 Å². The molecule has 7 heteroatoms. The maximum atomic E-state index is 13.1. The number of hydrogen-bond acceptors (Lipinski definition) is 3. The second-order valence-electron chi connectivity index (χ2n) is 5.91. The summed E-state index contributed by atoms with van der Waals surface area (Å²) < 4.78 is 18.2. The Morgan fingerprint density at radius 2 is 1.91 bits per heavy atom. The summed E-state index contributed by atoms with van der Waals surface area (Å²) in [5.74, 6) is 0.300. The number of nitrogens with one attached hydrogen (secondary N) is 3. The highest BCUT2D eigenvalue weighted by atomic mass is 19.1. The minimum absolute atomic E-state index is 0.270. The average molecular weight is 324 g/mol. The van der Waals surface area contributed by atoms with E-state index in [0.29, 0.717) is 25.6 Å². The van der Waals surface area contributed by atoms with Gasteiger partial charge in [0.05, 0.1) is 0 Å². The number of hydrogen-bond donors (Lipinski definition) is 3. The summed E-state index contributed by atoms with van der Waals surface area (Å²) in [5.41, 5.74) is 0.305. The van der Waals surface area contributed by atoms with E-state index in [0.717, 1.165) is 5.56 Å². The first-order valence-corrected chi connectivity index (χ1v) is 7.46. The van der Waals surface area contributed by atoms with Crippen molar-refractivity contribution in [2.75, 3.05) is 20.1 Å². The molecule has 0 atom stereocenters. The fourth-order valence-electron chi connectivity index (χ4n) is 1.71. The number of halogens is 1. The van der Waals surface area contributed by atoms with Crippen molar-refractivity contribution in [3.05, 3.63) is 35.6 Å². The Morgan fingerprint density at radius 1 is 1.22 bits per heavy atom. The van der Waals surface area contributed by atoms with Gasteiger partial charge < -0.3 is 20.7 Å². The highest BCUT2D eigenvalue weighted by Gasteiger charge is 2.15. The molecular weight excluding hydrogens is 299 g/mol. The molecule has 1 aromatic carbocycles. The van der Waals surface area contributed by atoms with Gasteiger partial charge in [-0.1, -0.05) is 12.1 Å². The Hall–Kier alpha value is -2.31. The van der Waals surface area contributed by atoms with Gasteiger partial charge in [0.1, 0.15) is 11.4 Å². The lowest BCUT2D eigenvalue weighted by atomic mass is 10.2. The van der Waals surface area contributed by atoms with E-state index in [1.54, 1.807) is 13.1 Å². The van der Waals surface area contributed by atoms with Gasteiger partial charge in [-0.05, 0) is 38.5 Å². The van der Waals surface area contributed by atoms with E-state index in [9.17, 15) is 9.18 Å². The number of nitrogens with zero attached hydrogens (tertiary/aromatic N) is 1. The smallest absolute Gasteiger partial charge is 0.407 e. The number of carbonyl (C=O) groups is 1. The van der Waals surface area contributed by atoms with Crippen LogP contribution in [0.4, 0.5) is 9.18 Å². The molecule has 0 aliphatic carbocycles. The molecule has 0 spiro atoms. The summed E-state index contributed by atoms with van der Waals surface area (Å²) in [6.45, 7) is 6.77. The fourth-order valence-corrected chi connectivity index (χ4v) is 1.71. The van der Waals surface area contributed by atoms with Crippen LogP contribution in [-0.2, 0) is 11.3 Å². The van der Waals surface area contributed by atoms with E-state index in [1.165, 1.54) is 12.1 Å². The van der Waals surface area contributed by atoms with Crippen molar-refractivity contribution in [2.45, 2.75) is 32.9 Å². The number of rotatable bonds is 5. The first-order valence-electron chi connectivity index (χ1n) is 7.46. The molecule has 128 valence electrons. The highest BCUT2D eigenvalue weighted by Crippen LogP contribution is 2.06. The van der Waals surface area contributed by atoms with Gasteiger partial charge in [-0.3, -0.25) is 4.99 Å². The van der Waals surface area contributed by atoms with Crippen LogP contribution < -0.4 is 16.0 Å².